The summed E-state index contributed by atoms with van der Waals surface area (Å²) in [6.07, 6.45) is 3.73. The molecule has 1 aromatic rings. The molecule has 5 nitrogen and oxygen atoms in total. The van der Waals surface area contributed by atoms with E-state index in [9.17, 15) is 4.79 Å². The Balaban J connectivity index is 1.51. The second kappa shape index (κ2) is 7.61. The van der Waals surface area contributed by atoms with E-state index in [1.54, 1.807) is 0 Å². The lowest BCUT2D eigenvalue weighted by Crippen LogP contribution is -2.53. The summed E-state index contributed by atoms with van der Waals surface area (Å²) >= 11 is 0. The van der Waals surface area contributed by atoms with Gasteiger partial charge in [-0.25, -0.2) is 4.79 Å². The third-order valence-corrected chi connectivity index (χ3v) is 4.30. The van der Waals surface area contributed by atoms with Crippen LogP contribution in [0, 0.1) is 0 Å². The lowest BCUT2D eigenvalue weighted by Gasteiger charge is -2.37. The molecule has 2 aliphatic heterocycles. The van der Waals surface area contributed by atoms with Crippen LogP contribution in [0.3, 0.4) is 0 Å². The van der Waals surface area contributed by atoms with Crippen molar-refractivity contribution in [1.82, 2.24) is 10.2 Å². The summed E-state index contributed by atoms with van der Waals surface area (Å²) in [5, 5.41) is 3.03. The van der Waals surface area contributed by atoms with Gasteiger partial charge in [-0.15, -0.1) is 0 Å². The fourth-order valence-corrected chi connectivity index (χ4v) is 3.15. The van der Waals surface area contributed by atoms with Crippen LogP contribution in [-0.4, -0.2) is 49.6 Å². The topological polar surface area (TPSA) is 50.8 Å². The molecule has 2 amide bonds. The molecule has 0 saturated carbocycles. The van der Waals surface area contributed by atoms with E-state index in [0.29, 0.717) is 19.8 Å². The zero-order chi connectivity index (χ0) is 15.2. The second-order valence-corrected chi connectivity index (χ2v) is 5.83. The maximum absolute atomic E-state index is 12.5. The molecule has 3 rings (SSSR count). The van der Waals surface area contributed by atoms with Crippen LogP contribution in [0.5, 0.6) is 0 Å². The molecule has 22 heavy (non-hydrogen) atoms. The normalized spacial score (nSPS) is 22.7. The number of hydrogen-bond donors (Lipinski definition) is 1. The number of piperidine rings is 1. The Labute approximate surface area is 131 Å². The van der Waals surface area contributed by atoms with Gasteiger partial charge in [-0.3, -0.25) is 0 Å². The number of hydrogen-bond acceptors (Lipinski definition) is 3. The standard InChI is InChI=1S/C17H24N2O3/c20-17(18-10-9-14-6-2-1-3-7-14)19-11-5-4-8-15(19)16-21-12-13-22-16/h1-3,6-7,15-16H,4-5,8-13H2,(H,18,20). The lowest BCUT2D eigenvalue weighted by atomic mass is 10.0. The quantitative estimate of drug-likeness (QED) is 0.927. The average Bonchev–Trinajstić information content (AvgIpc) is 3.10. The molecule has 2 aliphatic rings. The molecule has 0 bridgehead atoms. The SMILES string of the molecule is O=C(NCCc1ccccc1)N1CCCCC1C1OCCO1. The summed E-state index contributed by atoms with van der Waals surface area (Å²) in [4.78, 5) is 14.4. The molecular weight excluding hydrogens is 280 g/mol. The van der Waals surface area contributed by atoms with Crippen molar-refractivity contribution < 1.29 is 14.3 Å². The number of urea groups is 1. The average molecular weight is 304 g/mol. The predicted octanol–water partition coefficient (Wildman–Crippen LogP) is 2.17. The fraction of sp³-hybridized carbons (Fsp3) is 0.588. The van der Waals surface area contributed by atoms with Gasteiger partial charge in [0.2, 0.25) is 0 Å². The number of nitrogens with one attached hydrogen (secondary N) is 1. The number of likely N-dealkylation sites (tertiary alicyclic amines) is 1. The first-order chi connectivity index (χ1) is 10.8. The number of nitrogens with zero attached hydrogens (tertiary/aromatic N) is 1. The van der Waals surface area contributed by atoms with E-state index in [1.165, 1.54) is 5.56 Å². The van der Waals surface area contributed by atoms with E-state index in [2.05, 4.69) is 17.4 Å². The van der Waals surface area contributed by atoms with Gasteiger partial charge in [-0.1, -0.05) is 30.3 Å². The summed E-state index contributed by atoms with van der Waals surface area (Å²) < 4.78 is 11.2. The van der Waals surface area contributed by atoms with Crippen molar-refractivity contribution in [3.63, 3.8) is 0 Å². The number of rotatable bonds is 4. The van der Waals surface area contributed by atoms with Crippen LogP contribution >= 0.6 is 0 Å². The highest BCUT2D eigenvalue weighted by atomic mass is 16.7. The second-order valence-electron chi connectivity index (χ2n) is 5.83. The van der Waals surface area contributed by atoms with E-state index in [-0.39, 0.29) is 18.4 Å². The molecule has 1 N–H and O–H groups in total. The number of benzene rings is 1. The summed E-state index contributed by atoms with van der Waals surface area (Å²) in [5.74, 6) is 0. The van der Waals surface area contributed by atoms with Gasteiger partial charge < -0.3 is 19.7 Å². The van der Waals surface area contributed by atoms with Gasteiger partial charge in [0.05, 0.1) is 19.3 Å². The zero-order valence-electron chi connectivity index (χ0n) is 12.9. The Kier molecular flexibility index (Phi) is 5.29. The van der Waals surface area contributed by atoms with Crippen molar-refractivity contribution in [1.29, 1.82) is 0 Å². The predicted molar refractivity (Wildman–Crippen MR) is 83.6 cm³/mol. The molecule has 0 radical (unpaired) electrons. The van der Waals surface area contributed by atoms with E-state index in [4.69, 9.17) is 9.47 Å². The molecule has 1 unspecified atom stereocenters. The third-order valence-electron chi connectivity index (χ3n) is 4.30. The van der Waals surface area contributed by atoms with Crippen LogP contribution in [0.15, 0.2) is 30.3 Å². The molecule has 120 valence electrons. The molecule has 0 aromatic heterocycles. The number of carbonyl (C=O) groups is 1. The van der Waals surface area contributed by atoms with Crippen molar-refractivity contribution in [3.8, 4) is 0 Å². The van der Waals surface area contributed by atoms with E-state index >= 15 is 0 Å². The first-order valence-electron chi connectivity index (χ1n) is 8.16. The molecule has 0 spiro atoms. The zero-order valence-corrected chi connectivity index (χ0v) is 12.9. The first-order valence-corrected chi connectivity index (χ1v) is 8.16. The lowest BCUT2D eigenvalue weighted by molar-refractivity contribution is -0.0982. The van der Waals surface area contributed by atoms with Gasteiger partial charge in [0.15, 0.2) is 6.29 Å². The van der Waals surface area contributed by atoms with Gasteiger partial charge in [0.1, 0.15) is 0 Å². The highest BCUT2D eigenvalue weighted by Crippen LogP contribution is 2.24. The highest BCUT2D eigenvalue weighted by molar-refractivity contribution is 5.74. The minimum absolute atomic E-state index is 0.000249. The van der Waals surface area contributed by atoms with Crippen LogP contribution in [0.1, 0.15) is 24.8 Å². The molecule has 1 aromatic carbocycles. The van der Waals surface area contributed by atoms with Crippen molar-refractivity contribution in [2.75, 3.05) is 26.3 Å². The monoisotopic (exact) mass is 304 g/mol. The van der Waals surface area contributed by atoms with Gasteiger partial charge in [0.25, 0.3) is 0 Å². The Morgan fingerprint density at radius 3 is 2.73 bits per heavy atom. The molecule has 0 aliphatic carbocycles. The summed E-state index contributed by atoms with van der Waals surface area (Å²) in [5.41, 5.74) is 1.24. The van der Waals surface area contributed by atoms with Crippen molar-refractivity contribution >= 4 is 6.03 Å². The molecule has 1 atom stereocenters. The molecule has 2 saturated heterocycles. The molecule has 2 heterocycles. The van der Waals surface area contributed by atoms with E-state index < -0.39 is 0 Å². The molecule has 2 fully saturated rings. The summed E-state index contributed by atoms with van der Waals surface area (Å²) in [6, 6.07) is 10.3. The number of amides is 2. The minimum atomic E-state index is -0.250. The Morgan fingerprint density at radius 1 is 1.18 bits per heavy atom. The minimum Gasteiger partial charge on any atom is -0.348 e. The van der Waals surface area contributed by atoms with Gasteiger partial charge >= 0.3 is 6.03 Å². The van der Waals surface area contributed by atoms with Crippen molar-refractivity contribution in [3.05, 3.63) is 35.9 Å². The Bertz CT molecular complexity index is 474. The van der Waals surface area contributed by atoms with Gasteiger partial charge in [-0.2, -0.15) is 0 Å². The van der Waals surface area contributed by atoms with E-state index in [0.717, 1.165) is 32.2 Å². The maximum atomic E-state index is 12.5. The fourth-order valence-electron chi connectivity index (χ4n) is 3.15. The van der Waals surface area contributed by atoms with E-state index in [1.807, 2.05) is 23.1 Å². The van der Waals surface area contributed by atoms with Gasteiger partial charge in [0, 0.05) is 13.1 Å². The first kappa shape index (κ1) is 15.3. The molecule has 5 heteroatoms. The van der Waals surface area contributed by atoms with Crippen molar-refractivity contribution in [2.45, 2.75) is 38.0 Å². The van der Waals surface area contributed by atoms with Crippen molar-refractivity contribution in [2.24, 2.45) is 0 Å². The third kappa shape index (κ3) is 3.78. The van der Waals surface area contributed by atoms with Gasteiger partial charge in [-0.05, 0) is 31.2 Å². The van der Waals surface area contributed by atoms with Crippen LogP contribution in [0.4, 0.5) is 4.79 Å². The maximum Gasteiger partial charge on any atom is 0.317 e. The molecular formula is C17H24N2O3. The highest BCUT2D eigenvalue weighted by Gasteiger charge is 2.36. The number of carbonyl (C=O) groups excluding carboxylic acids is 1. The van der Waals surface area contributed by atoms with Crippen LogP contribution in [0.2, 0.25) is 0 Å². The van der Waals surface area contributed by atoms with Crippen LogP contribution < -0.4 is 5.32 Å². The smallest absolute Gasteiger partial charge is 0.317 e. The Morgan fingerprint density at radius 2 is 1.95 bits per heavy atom. The van der Waals surface area contributed by atoms with Crippen LogP contribution in [-0.2, 0) is 15.9 Å². The Hall–Kier alpha value is -1.59. The summed E-state index contributed by atoms with van der Waals surface area (Å²) in [7, 11) is 0. The largest absolute Gasteiger partial charge is 0.348 e. The summed E-state index contributed by atoms with van der Waals surface area (Å²) in [6.45, 7) is 2.69. The number of ether oxygens (including phenoxy) is 2. The van der Waals surface area contributed by atoms with Crippen LogP contribution in [0.25, 0.3) is 0 Å².